The predicted molar refractivity (Wildman–Crippen MR) is 70.1 cm³/mol. The van der Waals surface area contributed by atoms with Crippen molar-refractivity contribution in [2.45, 2.75) is 59.5 Å². The van der Waals surface area contributed by atoms with Crippen LogP contribution in [0.1, 0.15) is 47.5 Å². The summed E-state index contributed by atoms with van der Waals surface area (Å²) >= 11 is 0. The molecule has 0 aromatic carbocycles. The van der Waals surface area contributed by atoms with Crippen LogP contribution in [0, 0.1) is 5.92 Å². The van der Waals surface area contributed by atoms with Crippen molar-refractivity contribution in [3.63, 3.8) is 0 Å². The number of hydrogen-bond acceptors (Lipinski definition) is 1. The van der Waals surface area contributed by atoms with Gasteiger partial charge in [0.05, 0.1) is 0 Å². The molecule has 1 atom stereocenters. The lowest BCUT2D eigenvalue weighted by molar-refractivity contribution is 0.456. The Morgan fingerprint density at radius 3 is 2.00 bits per heavy atom. The molecule has 0 heterocycles. The quantitative estimate of drug-likeness (QED) is 0.627. The summed E-state index contributed by atoms with van der Waals surface area (Å²) < 4.78 is 0. The third kappa shape index (κ3) is 6.51. The summed E-state index contributed by atoms with van der Waals surface area (Å²) in [6, 6.07) is 0.942. The van der Waals surface area contributed by atoms with Gasteiger partial charge in [0.15, 0.2) is 0 Å². The van der Waals surface area contributed by atoms with E-state index in [1.807, 2.05) is 0 Å². The second kappa shape index (κ2) is 6.84. The zero-order valence-corrected chi connectivity index (χ0v) is 11.1. The van der Waals surface area contributed by atoms with Crippen LogP contribution in [0.3, 0.4) is 0 Å². The molecule has 1 N–H and O–H groups in total. The summed E-state index contributed by atoms with van der Waals surface area (Å²) in [5.74, 6) is 0.548. The first-order valence-corrected chi connectivity index (χ1v) is 5.93. The standard InChI is InChI=1S/C14H27N/c1-10(2)8-9-14(15-12(5)6)13(7)11(3)4/h11-12,14-15H,1,7-9H2,2-6H3. The molecule has 0 aliphatic rings. The van der Waals surface area contributed by atoms with Crippen LogP contribution in [-0.2, 0) is 0 Å². The van der Waals surface area contributed by atoms with Gasteiger partial charge in [-0.05, 0) is 25.7 Å². The number of allylic oxidation sites excluding steroid dienone is 1. The van der Waals surface area contributed by atoms with E-state index in [2.05, 4.69) is 53.1 Å². The number of rotatable bonds is 7. The van der Waals surface area contributed by atoms with E-state index in [0.717, 1.165) is 12.8 Å². The Hall–Kier alpha value is -0.560. The molecule has 1 unspecified atom stereocenters. The van der Waals surface area contributed by atoms with Gasteiger partial charge in [-0.15, -0.1) is 6.58 Å². The molecule has 0 spiro atoms. The molecule has 0 aromatic heterocycles. The summed E-state index contributed by atoms with van der Waals surface area (Å²) in [4.78, 5) is 0. The fourth-order valence-corrected chi connectivity index (χ4v) is 1.57. The van der Waals surface area contributed by atoms with Crippen LogP contribution >= 0.6 is 0 Å². The molecule has 1 heteroatoms. The van der Waals surface area contributed by atoms with Crippen LogP contribution in [0.2, 0.25) is 0 Å². The maximum Gasteiger partial charge on any atom is 0.0284 e. The van der Waals surface area contributed by atoms with Crippen LogP contribution in [0.25, 0.3) is 0 Å². The minimum atomic E-state index is 0.432. The molecule has 0 rings (SSSR count). The van der Waals surface area contributed by atoms with Crippen LogP contribution in [0.15, 0.2) is 24.3 Å². The zero-order valence-electron chi connectivity index (χ0n) is 11.1. The van der Waals surface area contributed by atoms with Crippen LogP contribution in [0.5, 0.6) is 0 Å². The minimum Gasteiger partial charge on any atom is -0.308 e. The Labute approximate surface area is 95.7 Å². The largest absolute Gasteiger partial charge is 0.308 e. The molecule has 0 saturated carbocycles. The maximum atomic E-state index is 4.19. The maximum absolute atomic E-state index is 4.19. The van der Waals surface area contributed by atoms with Crippen molar-refractivity contribution in [3.8, 4) is 0 Å². The van der Waals surface area contributed by atoms with Gasteiger partial charge in [-0.2, -0.15) is 0 Å². The van der Waals surface area contributed by atoms with Gasteiger partial charge >= 0.3 is 0 Å². The average Bonchev–Trinajstić information content (AvgIpc) is 2.10. The molecular formula is C14H27N. The summed E-state index contributed by atoms with van der Waals surface area (Å²) in [6.45, 7) is 19.0. The van der Waals surface area contributed by atoms with Crippen molar-refractivity contribution in [1.29, 1.82) is 0 Å². The normalized spacial score (nSPS) is 13.3. The van der Waals surface area contributed by atoms with Gasteiger partial charge in [0.1, 0.15) is 0 Å². The summed E-state index contributed by atoms with van der Waals surface area (Å²) in [5.41, 5.74) is 2.56. The molecule has 0 radical (unpaired) electrons. The molecule has 0 aromatic rings. The Kier molecular flexibility index (Phi) is 6.58. The van der Waals surface area contributed by atoms with Gasteiger partial charge in [-0.3, -0.25) is 0 Å². The highest BCUT2D eigenvalue weighted by molar-refractivity contribution is 5.09. The first kappa shape index (κ1) is 14.4. The van der Waals surface area contributed by atoms with Crippen molar-refractivity contribution in [1.82, 2.24) is 5.32 Å². The molecule has 0 bridgehead atoms. The summed E-state index contributed by atoms with van der Waals surface area (Å²) in [6.07, 6.45) is 2.20. The van der Waals surface area contributed by atoms with Crippen molar-refractivity contribution in [2.75, 3.05) is 0 Å². The molecule has 0 saturated heterocycles. The number of hydrogen-bond donors (Lipinski definition) is 1. The van der Waals surface area contributed by atoms with Gasteiger partial charge in [0, 0.05) is 12.1 Å². The third-order valence-electron chi connectivity index (χ3n) is 2.58. The summed E-state index contributed by atoms with van der Waals surface area (Å²) in [7, 11) is 0. The molecule has 0 amide bonds. The molecule has 0 aliphatic carbocycles. The molecule has 88 valence electrons. The molecular weight excluding hydrogens is 182 g/mol. The fraction of sp³-hybridized carbons (Fsp3) is 0.714. The average molecular weight is 209 g/mol. The highest BCUT2D eigenvalue weighted by Gasteiger charge is 2.15. The van der Waals surface area contributed by atoms with Crippen LogP contribution in [-0.4, -0.2) is 12.1 Å². The lowest BCUT2D eigenvalue weighted by atomic mass is 9.92. The van der Waals surface area contributed by atoms with Crippen LogP contribution in [0.4, 0.5) is 0 Å². The van der Waals surface area contributed by atoms with Crippen molar-refractivity contribution in [2.24, 2.45) is 5.92 Å². The Balaban J connectivity index is 4.30. The second-order valence-electron chi connectivity index (χ2n) is 5.10. The SMILES string of the molecule is C=C(C)CCC(NC(C)C)C(=C)C(C)C. The lowest BCUT2D eigenvalue weighted by Crippen LogP contribution is -2.37. The van der Waals surface area contributed by atoms with Gasteiger partial charge in [0.25, 0.3) is 0 Å². The molecule has 0 aliphatic heterocycles. The predicted octanol–water partition coefficient (Wildman–Crippen LogP) is 3.92. The van der Waals surface area contributed by atoms with E-state index in [1.165, 1.54) is 11.1 Å². The van der Waals surface area contributed by atoms with E-state index in [1.54, 1.807) is 0 Å². The lowest BCUT2D eigenvalue weighted by Gasteiger charge is -2.26. The van der Waals surface area contributed by atoms with E-state index in [-0.39, 0.29) is 0 Å². The topological polar surface area (TPSA) is 12.0 Å². The molecule has 0 fully saturated rings. The zero-order chi connectivity index (χ0) is 12.0. The number of nitrogens with one attached hydrogen (secondary N) is 1. The van der Waals surface area contributed by atoms with Gasteiger partial charge in [-0.25, -0.2) is 0 Å². The van der Waals surface area contributed by atoms with Crippen LogP contribution < -0.4 is 5.32 Å². The Morgan fingerprint density at radius 2 is 1.67 bits per heavy atom. The fourth-order valence-electron chi connectivity index (χ4n) is 1.57. The smallest absolute Gasteiger partial charge is 0.0284 e. The summed E-state index contributed by atoms with van der Waals surface area (Å²) in [5, 5.41) is 3.58. The van der Waals surface area contributed by atoms with Crippen molar-refractivity contribution in [3.05, 3.63) is 24.3 Å². The highest BCUT2D eigenvalue weighted by atomic mass is 14.9. The third-order valence-corrected chi connectivity index (χ3v) is 2.58. The van der Waals surface area contributed by atoms with Crippen molar-refractivity contribution >= 4 is 0 Å². The Bertz CT molecular complexity index is 213. The Morgan fingerprint density at radius 1 is 1.13 bits per heavy atom. The second-order valence-corrected chi connectivity index (χ2v) is 5.10. The monoisotopic (exact) mass is 209 g/mol. The van der Waals surface area contributed by atoms with Gasteiger partial charge in [0.2, 0.25) is 0 Å². The van der Waals surface area contributed by atoms with Gasteiger partial charge in [-0.1, -0.05) is 45.4 Å². The van der Waals surface area contributed by atoms with E-state index in [4.69, 9.17) is 0 Å². The minimum absolute atomic E-state index is 0.432. The highest BCUT2D eigenvalue weighted by Crippen LogP contribution is 2.18. The first-order chi connectivity index (χ1) is 6.84. The molecule has 1 nitrogen and oxygen atoms in total. The molecule has 15 heavy (non-hydrogen) atoms. The van der Waals surface area contributed by atoms with E-state index in [9.17, 15) is 0 Å². The van der Waals surface area contributed by atoms with Gasteiger partial charge < -0.3 is 5.32 Å². The van der Waals surface area contributed by atoms with E-state index >= 15 is 0 Å². The van der Waals surface area contributed by atoms with E-state index < -0.39 is 0 Å². The van der Waals surface area contributed by atoms with E-state index in [0.29, 0.717) is 18.0 Å². The first-order valence-electron chi connectivity index (χ1n) is 5.93. The van der Waals surface area contributed by atoms with Crippen molar-refractivity contribution < 1.29 is 0 Å².